The van der Waals surface area contributed by atoms with Gasteiger partial charge in [0.15, 0.2) is 6.29 Å². The van der Waals surface area contributed by atoms with E-state index in [0.29, 0.717) is 19.8 Å². The number of para-hydroxylation sites is 1. The first kappa shape index (κ1) is 15.8. The monoisotopic (exact) mass is 314 g/mol. The quantitative estimate of drug-likeness (QED) is 0.734. The Morgan fingerprint density at radius 2 is 1.70 bits per heavy atom. The zero-order valence-corrected chi connectivity index (χ0v) is 13.0. The fourth-order valence-electron chi connectivity index (χ4n) is 2.32. The molecule has 1 aliphatic rings. The first-order valence-corrected chi connectivity index (χ1v) is 7.89. The van der Waals surface area contributed by atoms with Crippen LogP contribution < -0.4 is 15.6 Å². The van der Waals surface area contributed by atoms with Crippen LogP contribution >= 0.6 is 0 Å². The molecule has 122 valence electrons. The number of hydrazine groups is 1. The number of rotatable bonds is 8. The van der Waals surface area contributed by atoms with E-state index in [1.807, 2.05) is 42.5 Å². The van der Waals surface area contributed by atoms with E-state index < -0.39 is 0 Å². The number of hydrogen-bond donors (Lipinski definition) is 2. The van der Waals surface area contributed by atoms with Gasteiger partial charge in [0.2, 0.25) is 0 Å². The average Bonchev–Trinajstić information content (AvgIpc) is 3.11. The summed E-state index contributed by atoms with van der Waals surface area (Å²) in [5.41, 5.74) is 8.59. The van der Waals surface area contributed by atoms with E-state index in [4.69, 9.17) is 14.2 Å². The Bertz CT molecular complexity index is 569. The molecule has 0 spiro atoms. The van der Waals surface area contributed by atoms with Crippen molar-refractivity contribution in [1.29, 1.82) is 0 Å². The van der Waals surface area contributed by atoms with E-state index in [1.165, 1.54) is 5.56 Å². The van der Waals surface area contributed by atoms with Gasteiger partial charge in [-0.2, -0.15) is 0 Å². The lowest BCUT2D eigenvalue weighted by atomic mass is 10.2. The highest BCUT2D eigenvalue weighted by Crippen LogP contribution is 2.14. The van der Waals surface area contributed by atoms with E-state index >= 15 is 0 Å². The van der Waals surface area contributed by atoms with Gasteiger partial charge >= 0.3 is 0 Å². The molecule has 0 bridgehead atoms. The van der Waals surface area contributed by atoms with Gasteiger partial charge in [-0.15, -0.1) is 0 Å². The van der Waals surface area contributed by atoms with Crippen molar-refractivity contribution in [3.8, 4) is 5.75 Å². The number of ether oxygens (including phenoxy) is 3. The molecule has 5 heteroatoms. The predicted octanol–water partition coefficient (Wildman–Crippen LogP) is 2.95. The van der Waals surface area contributed by atoms with Gasteiger partial charge < -0.3 is 19.6 Å². The summed E-state index contributed by atoms with van der Waals surface area (Å²) in [6.07, 6.45) is 0.646. The van der Waals surface area contributed by atoms with Crippen LogP contribution in [-0.2, 0) is 16.0 Å². The molecule has 2 aromatic carbocycles. The molecule has 3 rings (SSSR count). The largest absolute Gasteiger partial charge is 0.493 e. The highest BCUT2D eigenvalue weighted by Gasteiger charge is 2.15. The van der Waals surface area contributed by atoms with Crippen molar-refractivity contribution in [2.45, 2.75) is 19.3 Å². The van der Waals surface area contributed by atoms with E-state index in [0.717, 1.165) is 24.4 Å². The highest BCUT2D eigenvalue weighted by atomic mass is 16.7. The minimum Gasteiger partial charge on any atom is -0.493 e. The van der Waals surface area contributed by atoms with Crippen LogP contribution in [0.15, 0.2) is 54.6 Å². The summed E-state index contributed by atoms with van der Waals surface area (Å²) in [6.45, 7) is 2.70. The molecule has 0 radical (unpaired) electrons. The normalized spacial score (nSPS) is 14.8. The SMILES string of the molecule is c1ccc(NNCc2ccc(OCCC3OCCO3)cc2)cc1. The first-order valence-electron chi connectivity index (χ1n) is 7.89. The van der Waals surface area contributed by atoms with Crippen LogP contribution in [0.1, 0.15) is 12.0 Å². The van der Waals surface area contributed by atoms with E-state index in [9.17, 15) is 0 Å². The molecule has 2 N–H and O–H groups in total. The van der Waals surface area contributed by atoms with E-state index in [2.05, 4.69) is 23.0 Å². The minimum absolute atomic E-state index is 0.109. The number of nitrogens with one attached hydrogen (secondary N) is 2. The van der Waals surface area contributed by atoms with Crippen molar-refractivity contribution in [2.75, 3.05) is 25.2 Å². The Balaban J connectivity index is 1.36. The van der Waals surface area contributed by atoms with Crippen molar-refractivity contribution in [2.24, 2.45) is 0 Å². The summed E-state index contributed by atoms with van der Waals surface area (Å²) in [5, 5.41) is 0. The Morgan fingerprint density at radius 3 is 2.43 bits per heavy atom. The lowest BCUT2D eigenvalue weighted by Gasteiger charge is -2.11. The fourth-order valence-corrected chi connectivity index (χ4v) is 2.32. The van der Waals surface area contributed by atoms with Crippen LogP contribution in [0.3, 0.4) is 0 Å². The maximum atomic E-state index is 5.70. The second-order valence-corrected chi connectivity index (χ2v) is 5.30. The van der Waals surface area contributed by atoms with Gasteiger partial charge in [-0.1, -0.05) is 30.3 Å². The molecule has 0 atom stereocenters. The summed E-state index contributed by atoms with van der Waals surface area (Å²) < 4.78 is 16.4. The molecule has 0 unspecified atom stereocenters. The Labute approximate surface area is 136 Å². The lowest BCUT2D eigenvalue weighted by Crippen LogP contribution is -2.20. The molecule has 1 saturated heterocycles. The molecule has 2 aromatic rings. The van der Waals surface area contributed by atoms with Crippen LogP contribution in [0.4, 0.5) is 5.69 Å². The number of benzene rings is 2. The van der Waals surface area contributed by atoms with Gasteiger partial charge in [0.05, 0.1) is 19.8 Å². The van der Waals surface area contributed by atoms with Crippen LogP contribution in [0.25, 0.3) is 0 Å². The maximum absolute atomic E-state index is 5.70. The molecule has 0 aliphatic carbocycles. The molecular formula is C18H22N2O3. The second kappa shape index (κ2) is 8.53. The van der Waals surface area contributed by atoms with Crippen molar-refractivity contribution in [3.05, 3.63) is 60.2 Å². The summed E-state index contributed by atoms with van der Waals surface area (Å²) >= 11 is 0. The molecular weight excluding hydrogens is 292 g/mol. The third kappa shape index (κ3) is 5.25. The predicted molar refractivity (Wildman–Crippen MR) is 89.2 cm³/mol. The zero-order chi connectivity index (χ0) is 15.7. The third-order valence-electron chi connectivity index (χ3n) is 3.54. The third-order valence-corrected chi connectivity index (χ3v) is 3.54. The molecule has 5 nitrogen and oxygen atoms in total. The Morgan fingerprint density at radius 1 is 0.957 bits per heavy atom. The summed E-state index contributed by atoms with van der Waals surface area (Å²) in [6, 6.07) is 18.1. The van der Waals surface area contributed by atoms with Crippen LogP contribution in [0.2, 0.25) is 0 Å². The molecule has 1 heterocycles. The molecule has 0 aromatic heterocycles. The van der Waals surface area contributed by atoms with Gasteiger partial charge in [-0.25, -0.2) is 5.43 Å². The van der Waals surface area contributed by atoms with Crippen LogP contribution in [-0.4, -0.2) is 26.1 Å². The lowest BCUT2D eigenvalue weighted by molar-refractivity contribution is -0.0531. The Hall–Kier alpha value is -2.08. The summed E-state index contributed by atoms with van der Waals surface area (Å²) in [7, 11) is 0. The topological polar surface area (TPSA) is 51.8 Å². The smallest absolute Gasteiger partial charge is 0.161 e. The molecule has 0 saturated carbocycles. The van der Waals surface area contributed by atoms with Gasteiger partial charge in [0.25, 0.3) is 0 Å². The molecule has 1 aliphatic heterocycles. The van der Waals surface area contributed by atoms with E-state index in [1.54, 1.807) is 0 Å². The number of hydrogen-bond acceptors (Lipinski definition) is 5. The molecule has 0 amide bonds. The minimum atomic E-state index is -0.109. The van der Waals surface area contributed by atoms with Crippen molar-refractivity contribution >= 4 is 5.69 Å². The highest BCUT2D eigenvalue weighted by molar-refractivity contribution is 5.41. The van der Waals surface area contributed by atoms with Gasteiger partial charge in [0, 0.05) is 18.7 Å². The van der Waals surface area contributed by atoms with Crippen LogP contribution in [0.5, 0.6) is 5.75 Å². The van der Waals surface area contributed by atoms with Gasteiger partial charge in [-0.05, 0) is 29.8 Å². The first-order chi connectivity index (χ1) is 11.4. The number of anilines is 1. The van der Waals surface area contributed by atoms with Gasteiger partial charge in [0.1, 0.15) is 5.75 Å². The van der Waals surface area contributed by atoms with Gasteiger partial charge in [-0.3, -0.25) is 0 Å². The molecule has 23 heavy (non-hydrogen) atoms. The van der Waals surface area contributed by atoms with E-state index in [-0.39, 0.29) is 6.29 Å². The zero-order valence-electron chi connectivity index (χ0n) is 13.0. The van der Waals surface area contributed by atoms with Crippen LogP contribution in [0, 0.1) is 0 Å². The second-order valence-electron chi connectivity index (χ2n) is 5.30. The fraction of sp³-hybridized carbons (Fsp3) is 0.333. The maximum Gasteiger partial charge on any atom is 0.161 e. The standard InChI is InChI=1S/C18H22N2O3/c1-2-4-16(5-3-1)20-19-14-15-6-8-17(9-7-15)21-11-10-18-22-12-13-23-18/h1-9,18-20H,10-14H2. The summed E-state index contributed by atoms with van der Waals surface area (Å²) in [4.78, 5) is 0. The molecule has 1 fully saturated rings. The summed E-state index contributed by atoms with van der Waals surface area (Å²) in [5.74, 6) is 0.864. The van der Waals surface area contributed by atoms with Crippen molar-refractivity contribution < 1.29 is 14.2 Å². The average molecular weight is 314 g/mol. The van der Waals surface area contributed by atoms with Crippen molar-refractivity contribution in [1.82, 2.24) is 5.43 Å². The van der Waals surface area contributed by atoms with Crippen molar-refractivity contribution in [3.63, 3.8) is 0 Å². The Kier molecular flexibility index (Phi) is 5.86.